The Hall–Kier alpha value is -1.38. The molecule has 0 saturated heterocycles. The van der Waals surface area contributed by atoms with Crippen molar-refractivity contribution >= 4 is 12.3 Å². The van der Waals surface area contributed by atoms with Gasteiger partial charge >= 0.3 is 0 Å². The second-order valence-electron chi connectivity index (χ2n) is 7.37. The molecule has 1 N–H and O–H groups in total. The van der Waals surface area contributed by atoms with Gasteiger partial charge < -0.3 is 5.11 Å². The van der Waals surface area contributed by atoms with Crippen LogP contribution in [0.4, 0.5) is 0 Å². The molecule has 5 unspecified atom stereocenters. The lowest BCUT2D eigenvalue weighted by Gasteiger charge is -2.54. The Kier molecular flexibility index (Phi) is 11.4. The molecule has 0 aliphatic heterocycles. The van der Waals surface area contributed by atoms with E-state index >= 15 is 0 Å². The largest absolute Gasteiger partial charge is 0.483 e. The van der Waals surface area contributed by atoms with E-state index in [1.807, 2.05) is 33.8 Å². The zero-order valence-corrected chi connectivity index (χ0v) is 17.8. The molecule has 0 radical (unpaired) electrons. The van der Waals surface area contributed by atoms with Crippen molar-refractivity contribution in [1.29, 1.82) is 0 Å². The highest BCUT2D eigenvalue weighted by Gasteiger charge is 2.52. The molecule has 26 heavy (non-hydrogen) atoms. The molecule has 150 valence electrons. The van der Waals surface area contributed by atoms with Gasteiger partial charge in [0.15, 0.2) is 5.78 Å². The topological polar surface area (TPSA) is 54.4 Å². The van der Waals surface area contributed by atoms with Gasteiger partial charge in [-0.3, -0.25) is 9.59 Å². The van der Waals surface area contributed by atoms with Crippen molar-refractivity contribution in [3.05, 3.63) is 24.3 Å². The number of hydrogen-bond acceptors (Lipinski definition) is 2. The highest BCUT2D eigenvalue weighted by Crippen LogP contribution is 2.58. The van der Waals surface area contributed by atoms with Crippen molar-refractivity contribution in [2.45, 2.75) is 80.1 Å². The third-order valence-corrected chi connectivity index (χ3v) is 6.29. The molecule has 3 nitrogen and oxygen atoms in total. The molecule has 3 rings (SSSR count). The molecular formula is C23H40O3. The van der Waals surface area contributed by atoms with E-state index in [4.69, 9.17) is 9.90 Å². The second kappa shape index (κ2) is 12.1. The highest BCUT2D eigenvalue weighted by atomic mass is 16.3. The number of Topliss-reactive ketones (excluding diaryl/α,β-unsaturated/α-hetero) is 1. The maximum Gasteiger partial charge on any atom is 0.290 e. The standard InChI is InChI=1S/C18H26O.2C2H6.CH2O2/c1-4-13-7-8-15-14(10-13)17(19)11-16-12(2)6-5-9-18(15,16)3;2*1-2;2-1-3/h4,10,12-13,15-16H,1,5-9,11H2,2-3H3;2*1-2H3;1H,(H,2,3). The van der Waals surface area contributed by atoms with Gasteiger partial charge in [-0.1, -0.05) is 66.5 Å². The van der Waals surface area contributed by atoms with Crippen LogP contribution in [0.1, 0.15) is 80.1 Å². The van der Waals surface area contributed by atoms with E-state index < -0.39 is 0 Å². The van der Waals surface area contributed by atoms with Crippen LogP contribution in [0.3, 0.4) is 0 Å². The molecular weight excluding hydrogens is 324 g/mol. The van der Waals surface area contributed by atoms with E-state index in [2.05, 4.69) is 26.5 Å². The predicted molar refractivity (Wildman–Crippen MR) is 110 cm³/mol. The van der Waals surface area contributed by atoms with Crippen LogP contribution in [0, 0.1) is 29.1 Å². The van der Waals surface area contributed by atoms with Crippen molar-refractivity contribution < 1.29 is 14.7 Å². The Balaban J connectivity index is 0.000000793. The zero-order chi connectivity index (χ0) is 20.3. The van der Waals surface area contributed by atoms with Crippen LogP contribution < -0.4 is 0 Å². The first-order valence-corrected chi connectivity index (χ1v) is 10.4. The summed E-state index contributed by atoms with van der Waals surface area (Å²) in [6.45, 7) is 16.5. The Morgan fingerprint density at radius 2 is 1.77 bits per heavy atom. The highest BCUT2D eigenvalue weighted by molar-refractivity contribution is 5.97. The van der Waals surface area contributed by atoms with Gasteiger partial charge in [-0.2, -0.15) is 0 Å². The fraction of sp³-hybridized carbons (Fsp3) is 0.739. The van der Waals surface area contributed by atoms with Gasteiger partial charge in [-0.15, -0.1) is 6.58 Å². The smallest absolute Gasteiger partial charge is 0.290 e. The summed E-state index contributed by atoms with van der Waals surface area (Å²) in [6, 6.07) is 0. The lowest BCUT2D eigenvalue weighted by molar-refractivity contribution is -0.126. The summed E-state index contributed by atoms with van der Waals surface area (Å²) >= 11 is 0. The fourth-order valence-corrected chi connectivity index (χ4v) is 5.13. The maximum absolute atomic E-state index is 12.5. The van der Waals surface area contributed by atoms with Gasteiger partial charge in [0.1, 0.15) is 0 Å². The van der Waals surface area contributed by atoms with E-state index in [-0.39, 0.29) is 6.47 Å². The van der Waals surface area contributed by atoms with E-state index in [0.29, 0.717) is 29.0 Å². The summed E-state index contributed by atoms with van der Waals surface area (Å²) in [7, 11) is 0. The van der Waals surface area contributed by atoms with Crippen LogP contribution in [0.15, 0.2) is 24.3 Å². The van der Waals surface area contributed by atoms with E-state index in [9.17, 15) is 4.79 Å². The van der Waals surface area contributed by atoms with Crippen LogP contribution in [-0.2, 0) is 9.59 Å². The first kappa shape index (κ1) is 24.6. The number of carboxylic acid groups (broad SMARTS) is 1. The molecule has 2 fully saturated rings. The Labute approximate surface area is 161 Å². The lowest BCUT2D eigenvalue weighted by Crippen LogP contribution is -2.49. The van der Waals surface area contributed by atoms with E-state index in [1.54, 1.807) is 0 Å². The predicted octanol–water partition coefficient (Wildman–Crippen LogP) is 6.29. The number of ketones is 1. The molecule has 0 amide bonds. The molecule has 0 bridgehead atoms. The number of rotatable bonds is 1. The third-order valence-electron chi connectivity index (χ3n) is 6.29. The van der Waals surface area contributed by atoms with Crippen molar-refractivity contribution in [2.75, 3.05) is 0 Å². The van der Waals surface area contributed by atoms with Crippen LogP contribution >= 0.6 is 0 Å². The van der Waals surface area contributed by atoms with Crippen LogP contribution in [0.5, 0.6) is 0 Å². The average molecular weight is 365 g/mol. The third kappa shape index (κ3) is 5.31. The summed E-state index contributed by atoms with van der Waals surface area (Å²) in [5.74, 6) is 2.74. The minimum Gasteiger partial charge on any atom is -0.483 e. The molecule has 0 aromatic rings. The molecule has 0 aromatic heterocycles. The number of allylic oxidation sites excluding steroid dienone is 3. The summed E-state index contributed by atoms with van der Waals surface area (Å²) in [6.07, 6.45) is 11.4. The molecule has 5 atom stereocenters. The van der Waals surface area contributed by atoms with Gasteiger partial charge in [-0.25, -0.2) is 0 Å². The van der Waals surface area contributed by atoms with Crippen molar-refractivity contribution in [1.82, 2.24) is 0 Å². The summed E-state index contributed by atoms with van der Waals surface area (Å²) < 4.78 is 0. The minimum atomic E-state index is -0.250. The average Bonchev–Trinajstić information content (AvgIpc) is 2.67. The van der Waals surface area contributed by atoms with Crippen molar-refractivity contribution in [3.8, 4) is 0 Å². The van der Waals surface area contributed by atoms with Gasteiger partial charge in [0.2, 0.25) is 0 Å². The fourth-order valence-electron chi connectivity index (χ4n) is 5.13. The van der Waals surface area contributed by atoms with Gasteiger partial charge in [0, 0.05) is 6.42 Å². The van der Waals surface area contributed by atoms with Gasteiger partial charge in [0.25, 0.3) is 6.47 Å². The summed E-state index contributed by atoms with van der Waals surface area (Å²) in [5, 5.41) is 6.89. The Morgan fingerprint density at radius 1 is 1.19 bits per heavy atom. The normalized spacial score (nSPS) is 34.5. The molecule has 0 spiro atoms. The van der Waals surface area contributed by atoms with E-state index in [1.165, 1.54) is 32.1 Å². The number of carbonyl (C=O) groups excluding carboxylic acids is 1. The van der Waals surface area contributed by atoms with Crippen LogP contribution in [-0.4, -0.2) is 17.4 Å². The summed E-state index contributed by atoms with van der Waals surface area (Å²) in [4.78, 5) is 20.9. The Morgan fingerprint density at radius 3 is 2.31 bits per heavy atom. The Bertz CT molecular complexity index is 480. The second-order valence-corrected chi connectivity index (χ2v) is 7.37. The molecule has 2 saturated carbocycles. The summed E-state index contributed by atoms with van der Waals surface area (Å²) in [5.41, 5.74) is 1.54. The minimum absolute atomic E-state index is 0.250. The lowest BCUT2D eigenvalue weighted by atomic mass is 9.49. The van der Waals surface area contributed by atoms with Crippen molar-refractivity contribution in [2.24, 2.45) is 29.1 Å². The van der Waals surface area contributed by atoms with Gasteiger partial charge in [0.05, 0.1) is 0 Å². The molecule has 3 aliphatic rings. The quantitative estimate of drug-likeness (QED) is 0.439. The molecule has 3 heteroatoms. The first-order valence-electron chi connectivity index (χ1n) is 10.4. The molecule has 3 aliphatic carbocycles. The maximum atomic E-state index is 12.5. The monoisotopic (exact) mass is 364 g/mol. The van der Waals surface area contributed by atoms with Crippen molar-refractivity contribution in [3.63, 3.8) is 0 Å². The van der Waals surface area contributed by atoms with Crippen LogP contribution in [0.25, 0.3) is 0 Å². The van der Waals surface area contributed by atoms with Gasteiger partial charge in [-0.05, 0) is 53.9 Å². The van der Waals surface area contributed by atoms with E-state index in [0.717, 1.165) is 17.9 Å². The number of fused-ring (bicyclic) bond motifs is 3. The molecule has 0 heterocycles. The number of carbonyl (C=O) groups is 2. The van der Waals surface area contributed by atoms with Crippen LogP contribution in [0.2, 0.25) is 0 Å². The SMILES string of the molecule is C=CC1C=C2C(=O)CC3C(C)CCCC3(C)C2CC1.CC.CC.O=CO. The first-order chi connectivity index (χ1) is 12.5. The number of hydrogen-bond donors (Lipinski definition) is 1. The molecule has 0 aromatic carbocycles. The zero-order valence-electron chi connectivity index (χ0n) is 17.8.